The third-order valence-electron chi connectivity index (χ3n) is 7.08. The molecule has 0 radical (unpaired) electrons. The highest BCUT2D eigenvalue weighted by molar-refractivity contribution is 7.91. The maximum absolute atomic E-state index is 14.0. The molecule has 3 aromatic rings. The van der Waals surface area contributed by atoms with Crippen LogP contribution in [0.4, 0.5) is 21.5 Å². The van der Waals surface area contributed by atoms with Crippen LogP contribution in [0, 0.1) is 11.7 Å². The van der Waals surface area contributed by atoms with Crippen LogP contribution in [0.15, 0.2) is 82.6 Å². The summed E-state index contributed by atoms with van der Waals surface area (Å²) in [5, 5.41) is 2.85. The van der Waals surface area contributed by atoms with E-state index < -0.39 is 19.7 Å². The minimum atomic E-state index is -3.32. The number of hydrogen-bond acceptors (Lipinski definition) is 7. The lowest BCUT2D eigenvalue weighted by molar-refractivity contribution is -0.117. The van der Waals surface area contributed by atoms with Crippen molar-refractivity contribution < 1.29 is 26.0 Å². The van der Waals surface area contributed by atoms with E-state index in [2.05, 4.69) is 10.2 Å². The summed E-state index contributed by atoms with van der Waals surface area (Å²) in [5.74, 6) is -0.199. The topological polar surface area (TPSA) is 104 Å². The van der Waals surface area contributed by atoms with E-state index in [-0.39, 0.29) is 27.4 Å². The Hall–Kier alpha value is -3.28. The lowest BCUT2D eigenvalue weighted by Gasteiger charge is -2.34. The van der Waals surface area contributed by atoms with Crippen molar-refractivity contribution in [1.82, 2.24) is 4.90 Å². The van der Waals surface area contributed by atoms with Crippen LogP contribution in [0.1, 0.15) is 19.3 Å². The van der Waals surface area contributed by atoms with Crippen molar-refractivity contribution in [3.05, 3.63) is 78.6 Å². The molecule has 0 aromatic heterocycles. The Bertz CT molecular complexity index is 1540. The van der Waals surface area contributed by atoms with Crippen molar-refractivity contribution in [2.75, 3.05) is 48.9 Å². The monoisotopic (exact) mass is 587 g/mol. The van der Waals surface area contributed by atoms with Crippen LogP contribution < -0.4 is 10.2 Å². The average Bonchev–Trinajstić information content (AvgIpc) is 2.89. The van der Waals surface area contributed by atoms with E-state index in [1.54, 1.807) is 42.5 Å². The molecule has 0 atom stereocenters. The molecule has 1 amide bonds. The second kappa shape index (κ2) is 12.5. The smallest absolute Gasteiger partial charge is 0.224 e. The molecule has 1 fully saturated rings. The fraction of sp³-hybridized carbons (Fsp3) is 0.345. The highest BCUT2D eigenvalue weighted by Crippen LogP contribution is 2.28. The SMILES string of the molecule is CS(=O)(=O)c1ccc(NC(=O)CC2CCN(CCN(c3ccc(S(C)(=O)=O)cc3)c3cccc(F)c3)CC2)cc1. The quantitative estimate of drug-likeness (QED) is 0.372. The number of rotatable bonds is 10. The van der Waals surface area contributed by atoms with Crippen LogP contribution in [0.5, 0.6) is 0 Å². The van der Waals surface area contributed by atoms with Crippen LogP contribution in [-0.4, -0.2) is 66.3 Å². The third kappa shape index (κ3) is 8.12. The number of benzene rings is 3. The van der Waals surface area contributed by atoms with Gasteiger partial charge in [0.25, 0.3) is 0 Å². The summed E-state index contributed by atoms with van der Waals surface area (Å²) in [4.78, 5) is 17.3. The molecular formula is C29H34FN3O5S2. The number of amides is 1. The van der Waals surface area contributed by atoms with E-state index in [1.807, 2.05) is 11.0 Å². The number of hydrogen-bond donors (Lipinski definition) is 1. The van der Waals surface area contributed by atoms with E-state index >= 15 is 0 Å². The molecule has 0 spiro atoms. The van der Waals surface area contributed by atoms with Gasteiger partial charge in [-0.15, -0.1) is 0 Å². The predicted molar refractivity (Wildman–Crippen MR) is 155 cm³/mol. The minimum absolute atomic E-state index is 0.0969. The molecule has 214 valence electrons. The standard InChI is InChI=1S/C29H34FN3O5S2/c1-39(35,36)27-10-6-24(7-11-27)31-29(34)20-22-14-16-32(17-15-22)18-19-33(26-5-3-4-23(30)21-26)25-8-12-28(13-9-25)40(2,37)38/h3-13,21-22H,14-20H2,1-2H3,(H,31,34). The minimum Gasteiger partial charge on any atom is -0.340 e. The number of likely N-dealkylation sites (tertiary alicyclic amines) is 1. The van der Waals surface area contributed by atoms with Gasteiger partial charge in [-0.25, -0.2) is 21.2 Å². The Morgan fingerprint density at radius 2 is 1.45 bits per heavy atom. The Labute approximate surface area is 235 Å². The predicted octanol–water partition coefficient (Wildman–Crippen LogP) is 4.51. The molecule has 0 unspecified atom stereocenters. The Balaban J connectivity index is 1.32. The number of carbonyl (C=O) groups is 1. The van der Waals surface area contributed by atoms with Crippen LogP contribution >= 0.6 is 0 Å². The van der Waals surface area contributed by atoms with Gasteiger partial charge in [0.1, 0.15) is 5.82 Å². The average molecular weight is 588 g/mol. The van der Waals surface area contributed by atoms with Gasteiger partial charge in [0.15, 0.2) is 19.7 Å². The van der Waals surface area contributed by atoms with Gasteiger partial charge in [0.2, 0.25) is 5.91 Å². The number of anilines is 3. The number of halogens is 1. The van der Waals surface area contributed by atoms with Crippen molar-refractivity contribution in [2.45, 2.75) is 29.1 Å². The Morgan fingerprint density at radius 3 is 2.00 bits per heavy atom. The fourth-order valence-electron chi connectivity index (χ4n) is 4.84. The van der Waals surface area contributed by atoms with Crippen molar-refractivity contribution in [3.8, 4) is 0 Å². The van der Waals surface area contributed by atoms with Crippen LogP contribution in [0.25, 0.3) is 0 Å². The van der Waals surface area contributed by atoms with Gasteiger partial charge in [-0.3, -0.25) is 4.79 Å². The van der Waals surface area contributed by atoms with Gasteiger partial charge in [0.05, 0.1) is 9.79 Å². The van der Waals surface area contributed by atoms with E-state index in [0.717, 1.165) is 50.7 Å². The number of nitrogens with one attached hydrogen (secondary N) is 1. The van der Waals surface area contributed by atoms with E-state index in [9.17, 15) is 26.0 Å². The third-order valence-corrected chi connectivity index (χ3v) is 9.34. The van der Waals surface area contributed by atoms with Gasteiger partial charge >= 0.3 is 0 Å². The summed E-state index contributed by atoms with van der Waals surface area (Å²) in [5.41, 5.74) is 2.02. The zero-order chi connectivity index (χ0) is 28.9. The normalized spacial score (nSPS) is 15.1. The molecule has 1 aliphatic rings. The molecule has 1 saturated heterocycles. The van der Waals surface area contributed by atoms with E-state index in [0.29, 0.717) is 24.3 Å². The number of nitrogens with zero attached hydrogens (tertiary/aromatic N) is 2. The number of sulfone groups is 2. The molecule has 40 heavy (non-hydrogen) atoms. The molecule has 1 N–H and O–H groups in total. The maximum Gasteiger partial charge on any atom is 0.224 e. The highest BCUT2D eigenvalue weighted by atomic mass is 32.2. The Morgan fingerprint density at radius 1 is 0.875 bits per heavy atom. The van der Waals surface area contributed by atoms with Crippen LogP contribution in [-0.2, 0) is 24.5 Å². The van der Waals surface area contributed by atoms with E-state index in [1.165, 1.54) is 24.3 Å². The van der Waals surface area contributed by atoms with Crippen molar-refractivity contribution in [3.63, 3.8) is 0 Å². The first-order valence-electron chi connectivity index (χ1n) is 13.0. The summed E-state index contributed by atoms with van der Waals surface area (Å²) >= 11 is 0. The molecular weight excluding hydrogens is 553 g/mol. The maximum atomic E-state index is 14.0. The molecule has 8 nitrogen and oxygen atoms in total. The molecule has 0 aliphatic carbocycles. The van der Waals surface area contributed by atoms with Crippen LogP contribution in [0.2, 0.25) is 0 Å². The van der Waals surface area contributed by atoms with Gasteiger partial charge in [-0.1, -0.05) is 6.07 Å². The second-order valence-corrected chi connectivity index (χ2v) is 14.3. The van der Waals surface area contributed by atoms with Gasteiger partial charge < -0.3 is 15.1 Å². The molecule has 1 heterocycles. The van der Waals surface area contributed by atoms with Crippen molar-refractivity contribution in [2.24, 2.45) is 5.92 Å². The number of carbonyl (C=O) groups excluding carboxylic acids is 1. The number of piperidine rings is 1. The highest BCUT2D eigenvalue weighted by Gasteiger charge is 2.23. The first-order chi connectivity index (χ1) is 18.9. The van der Waals surface area contributed by atoms with E-state index in [4.69, 9.17) is 0 Å². The molecule has 11 heteroatoms. The summed E-state index contributed by atoms with van der Waals surface area (Å²) in [7, 11) is -6.61. The largest absolute Gasteiger partial charge is 0.340 e. The Kier molecular flexibility index (Phi) is 9.27. The van der Waals surface area contributed by atoms with Crippen LogP contribution in [0.3, 0.4) is 0 Å². The van der Waals surface area contributed by atoms with Gasteiger partial charge in [-0.2, -0.15) is 0 Å². The first-order valence-corrected chi connectivity index (χ1v) is 16.8. The zero-order valence-corrected chi connectivity index (χ0v) is 24.2. The van der Waals surface area contributed by atoms with Gasteiger partial charge in [0, 0.05) is 49.1 Å². The molecule has 4 rings (SSSR count). The van der Waals surface area contributed by atoms with Crippen molar-refractivity contribution in [1.29, 1.82) is 0 Å². The van der Waals surface area contributed by atoms with Crippen molar-refractivity contribution >= 4 is 42.6 Å². The first kappa shape index (κ1) is 29.7. The summed E-state index contributed by atoms with van der Waals surface area (Å²) in [6, 6.07) is 19.1. The van der Waals surface area contributed by atoms with Gasteiger partial charge in [-0.05, 0) is 98.6 Å². The molecule has 3 aromatic carbocycles. The molecule has 1 aliphatic heterocycles. The lowest BCUT2D eigenvalue weighted by Crippen LogP contribution is -2.39. The summed E-state index contributed by atoms with van der Waals surface area (Å²) in [6.07, 6.45) is 4.43. The molecule has 0 bridgehead atoms. The summed E-state index contributed by atoms with van der Waals surface area (Å²) in [6.45, 7) is 2.95. The fourth-order valence-corrected chi connectivity index (χ4v) is 6.10. The summed E-state index contributed by atoms with van der Waals surface area (Å²) < 4.78 is 61.0. The lowest BCUT2D eigenvalue weighted by atomic mass is 9.93. The molecule has 0 saturated carbocycles. The second-order valence-electron chi connectivity index (χ2n) is 10.2. The zero-order valence-electron chi connectivity index (χ0n) is 22.6.